The van der Waals surface area contributed by atoms with Crippen molar-refractivity contribution in [2.45, 2.75) is 18.8 Å². The van der Waals surface area contributed by atoms with Gasteiger partial charge in [0.1, 0.15) is 11.6 Å². The fraction of sp³-hybridized carbons (Fsp3) is 0.364. The Morgan fingerprint density at radius 2 is 1.87 bits per heavy atom. The van der Waals surface area contributed by atoms with Crippen molar-refractivity contribution in [3.63, 3.8) is 0 Å². The van der Waals surface area contributed by atoms with Gasteiger partial charge in [0.05, 0.1) is 0 Å². The van der Waals surface area contributed by atoms with E-state index in [9.17, 15) is 9.18 Å². The van der Waals surface area contributed by atoms with Gasteiger partial charge in [0.15, 0.2) is 12.6 Å². The van der Waals surface area contributed by atoms with E-state index in [0.717, 1.165) is 22.4 Å². The number of hydrogen-bond donors (Lipinski definition) is 2. The predicted octanol–water partition coefficient (Wildman–Crippen LogP) is 3.64. The molecular weight excluding hydrogens is 530 g/mol. The van der Waals surface area contributed by atoms with Crippen molar-refractivity contribution in [3.05, 3.63) is 65.0 Å². The van der Waals surface area contributed by atoms with Gasteiger partial charge in [-0.3, -0.25) is 9.79 Å². The largest absolute Gasteiger partial charge is 0.484 e. The Kier molecular flexibility index (Phi) is 12.3. The number of nitrogens with one attached hydrogen (secondary N) is 2. The number of nitrogens with zero attached hydrogens (tertiary/aromatic N) is 2. The van der Waals surface area contributed by atoms with Gasteiger partial charge in [0.25, 0.3) is 5.91 Å². The number of amides is 1. The van der Waals surface area contributed by atoms with Crippen molar-refractivity contribution in [1.82, 2.24) is 15.5 Å². The standard InChI is InChI=1S/C22H29FN4O2S.HI/c1-24-22(26-13-17-8-9-19(23)11-18(17)15-30-4)25-12-16-6-5-7-20(10-16)29-14-21(28)27(2)3;/h5-11H,12-15H2,1-4H3,(H2,24,25,26);1H. The van der Waals surface area contributed by atoms with Crippen LogP contribution in [0, 0.1) is 5.82 Å². The third-order valence-electron chi connectivity index (χ3n) is 4.36. The van der Waals surface area contributed by atoms with Gasteiger partial charge in [-0.25, -0.2) is 4.39 Å². The SMILES string of the molecule is CN=C(NCc1cccc(OCC(=O)N(C)C)c1)NCc1ccc(F)cc1CSC.I. The van der Waals surface area contributed by atoms with E-state index >= 15 is 0 Å². The number of aliphatic imine (C=N–C) groups is 1. The van der Waals surface area contributed by atoms with Crippen LogP contribution in [-0.2, 0) is 23.6 Å². The number of hydrogen-bond acceptors (Lipinski definition) is 4. The van der Waals surface area contributed by atoms with E-state index < -0.39 is 0 Å². The van der Waals surface area contributed by atoms with Crippen molar-refractivity contribution in [2.75, 3.05) is 34.0 Å². The highest BCUT2D eigenvalue weighted by atomic mass is 127. The highest BCUT2D eigenvalue weighted by Crippen LogP contribution is 2.17. The third kappa shape index (κ3) is 9.34. The number of carbonyl (C=O) groups is 1. The molecule has 0 saturated carbocycles. The maximum Gasteiger partial charge on any atom is 0.259 e. The number of benzene rings is 2. The molecule has 0 aliphatic rings. The Hall–Kier alpha value is -2.01. The predicted molar refractivity (Wildman–Crippen MR) is 137 cm³/mol. The Morgan fingerprint density at radius 3 is 2.55 bits per heavy atom. The fourth-order valence-electron chi connectivity index (χ4n) is 2.66. The average Bonchev–Trinajstić information content (AvgIpc) is 2.73. The molecule has 0 unspecified atom stereocenters. The first-order valence-corrected chi connectivity index (χ1v) is 10.9. The van der Waals surface area contributed by atoms with Gasteiger partial charge in [0.2, 0.25) is 0 Å². The summed E-state index contributed by atoms with van der Waals surface area (Å²) >= 11 is 1.66. The second kappa shape index (κ2) is 14.1. The van der Waals surface area contributed by atoms with Gasteiger partial charge >= 0.3 is 0 Å². The summed E-state index contributed by atoms with van der Waals surface area (Å²) in [5, 5.41) is 6.53. The van der Waals surface area contributed by atoms with Crippen LogP contribution in [0.2, 0.25) is 0 Å². The summed E-state index contributed by atoms with van der Waals surface area (Å²) in [5.41, 5.74) is 3.01. The van der Waals surface area contributed by atoms with E-state index in [1.807, 2.05) is 30.5 Å². The quantitative estimate of drug-likeness (QED) is 0.279. The molecule has 2 rings (SSSR count). The second-order valence-electron chi connectivity index (χ2n) is 6.85. The maximum atomic E-state index is 13.5. The molecule has 170 valence electrons. The second-order valence-corrected chi connectivity index (χ2v) is 7.72. The molecule has 2 N–H and O–H groups in total. The highest BCUT2D eigenvalue weighted by molar-refractivity contribution is 14.0. The number of ether oxygens (including phenoxy) is 1. The van der Waals surface area contributed by atoms with Crippen LogP contribution in [0.15, 0.2) is 47.5 Å². The van der Waals surface area contributed by atoms with E-state index in [1.165, 1.54) is 11.0 Å². The van der Waals surface area contributed by atoms with Crippen molar-refractivity contribution in [3.8, 4) is 5.75 Å². The molecule has 2 aromatic rings. The summed E-state index contributed by atoms with van der Waals surface area (Å²) in [6, 6.07) is 12.4. The van der Waals surface area contributed by atoms with E-state index in [1.54, 1.807) is 45.0 Å². The van der Waals surface area contributed by atoms with E-state index in [0.29, 0.717) is 24.8 Å². The van der Waals surface area contributed by atoms with E-state index in [-0.39, 0.29) is 42.3 Å². The topological polar surface area (TPSA) is 66.0 Å². The van der Waals surface area contributed by atoms with Crippen LogP contribution in [0.25, 0.3) is 0 Å². The lowest BCUT2D eigenvalue weighted by Gasteiger charge is -2.15. The molecule has 6 nitrogen and oxygen atoms in total. The third-order valence-corrected chi connectivity index (χ3v) is 4.96. The summed E-state index contributed by atoms with van der Waals surface area (Å²) in [4.78, 5) is 17.4. The Labute approximate surface area is 205 Å². The Balaban J connectivity index is 0.00000480. The summed E-state index contributed by atoms with van der Waals surface area (Å²) in [7, 11) is 5.09. The normalized spacial score (nSPS) is 10.8. The summed E-state index contributed by atoms with van der Waals surface area (Å²) < 4.78 is 19.1. The van der Waals surface area contributed by atoms with Crippen LogP contribution in [0.5, 0.6) is 5.75 Å². The molecule has 0 aliphatic heterocycles. The fourth-order valence-corrected chi connectivity index (χ4v) is 3.24. The summed E-state index contributed by atoms with van der Waals surface area (Å²) in [6.45, 7) is 1.09. The number of likely N-dealkylation sites (N-methyl/N-ethyl adjacent to an activating group) is 1. The summed E-state index contributed by atoms with van der Waals surface area (Å²) in [6.07, 6.45) is 2.00. The minimum absolute atomic E-state index is 0. The molecule has 0 atom stereocenters. The maximum absolute atomic E-state index is 13.5. The molecule has 2 aromatic carbocycles. The van der Waals surface area contributed by atoms with Crippen LogP contribution in [0.4, 0.5) is 4.39 Å². The van der Waals surface area contributed by atoms with Crippen LogP contribution in [0.3, 0.4) is 0 Å². The molecule has 0 spiro atoms. The molecule has 0 fully saturated rings. The van der Waals surface area contributed by atoms with E-state index in [4.69, 9.17) is 4.74 Å². The van der Waals surface area contributed by atoms with Crippen LogP contribution < -0.4 is 15.4 Å². The zero-order valence-corrected chi connectivity index (χ0v) is 21.4. The van der Waals surface area contributed by atoms with E-state index in [2.05, 4.69) is 15.6 Å². The van der Waals surface area contributed by atoms with Crippen LogP contribution in [0.1, 0.15) is 16.7 Å². The van der Waals surface area contributed by atoms with Crippen LogP contribution >= 0.6 is 35.7 Å². The van der Waals surface area contributed by atoms with Crippen molar-refractivity contribution in [2.24, 2.45) is 4.99 Å². The highest BCUT2D eigenvalue weighted by Gasteiger charge is 2.07. The zero-order valence-electron chi connectivity index (χ0n) is 18.3. The van der Waals surface area contributed by atoms with Gasteiger partial charge in [-0.15, -0.1) is 24.0 Å². The molecule has 0 aliphatic carbocycles. The van der Waals surface area contributed by atoms with Gasteiger partial charge in [-0.2, -0.15) is 11.8 Å². The van der Waals surface area contributed by atoms with Crippen molar-refractivity contribution < 1.29 is 13.9 Å². The van der Waals surface area contributed by atoms with Crippen molar-refractivity contribution in [1.29, 1.82) is 0 Å². The molecular formula is C22H30FIN4O2S. The molecule has 0 saturated heterocycles. The molecule has 0 bridgehead atoms. The summed E-state index contributed by atoms with van der Waals surface area (Å²) in [5.74, 6) is 1.72. The van der Waals surface area contributed by atoms with Gasteiger partial charge in [-0.1, -0.05) is 18.2 Å². The first-order valence-electron chi connectivity index (χ1n) is 9.55. The van der Waals surface area contributed by atoms with Crippen LogP contribution in [-0.4, -0.2) is 50.8 Å². The minimum atomic E-state index is -0.223. The van der Waals surface area contributed by atoms with Gasteiger partial charge < -0.3 is 20.3 Å². The Morgan fingerprint density at radius 1 is 1.13 bits per heavy atom. The number of halogens is 2. The molecule has 0 heterocycles. The smallest absolute Gasteiger partial charge is 0.259 e. The molecule has 0 aromatic heterocycles. The Bertz CT molecular complexity index is 880. The lowest BCUT2D eigenvalue weighted by atomic mass is 10.1. The molecule has 1 amide bonds. The minimum Gasteiger partial charge on any atom is -0.484 e. The van der Waals surface area contributed by atoms with Gasteiger partial charge in [0, 0.05) is 40.0 Å². The number of rotatable bonds is 9. The first-order chi connectivity index (χ1) is 14.4. The zero-order chi connectivity index (χ0) is 21.9. The monoisotopic (exact) mass is 560 g/mol. The number of carbonyl (C=O) groups excluding carboxylic acids is 1. The van der Waals surface area contributed by atoms with Gasteiger partial charge in [-0.05, 0) is 47.2 Å². The average molecular weight is 560 g/mol. The molecule has 0 radical (unpaired) electrons. The lowest BCUT2D eigenvalue weighted by molar-refractivity contribution is -0.130. The first kappa shape index (κ1) is 27.0. The molecule has 31 heavy (non-hydrogen) atoms. The number of guanidine groups is 1. The lowest BCUT2D eigenvalue weighted by Crippen LogP contribution is -2.36. The number of thioether (sulfide) groups is 1. The molecule has 9 heteroatoms. The van der Waals surface area contributed by atoms with Crippen molar-refractivity contribution >= 4 is 47.6 Å².